The third kappa shape index (κ3) is 5.11. The van der Waals surface area contributed by atoms with Crippen LogP contribution >= 0.6 is 0 Å². The molecule has 0 atom stereocenters. The van der Waals surface area contributed by atoms with Gasteiger partial charge in [0.1, 0.15) is 5.69 Å². The van der Waals surface area contributed by atoms with Gasteiger partial charge in [-0.3, -0.25) is 14.7 Å². The number of nitrogens with zero attached hydrogens (tertiary/aromatic N) is 1. The first-order valence-electron chi connectivity index (χ1n) is 6.36. The van der Waals surface area contributed by atoms with Crippen LogP contribution in [0.5, 0.6) is 0 Å². The van der Waals surface area contributed by atoms with E-state index in [1.807, 2.05) is 20.8 Å². The van der Waals surface area contributed by atoms with E-state index in [-0.39, 0.29) is 17.7 Å². The lowest BCUT2D eigenvalue weighted by Gasteiger charge is -2.14. The zero-order valence-electron chi connectivity index (χ0n) is 11.6. The van der Waals surface area contributed by atoms with E-state index in [1.54, 1.807) is 6.07 Å². The highest BCUT2D eigenvalue weighted by Gasteiger charge is 2.18. The summed E-state index contributed by atoms with van der Waals surface area (Å²) in [5, 5.41) is 18.0. The van der Waals surface area contributed by atoms with Gasteiger partial charge < -0.3 is 10.4 Å². The topological polar surface area (TPSA) is 95.1 Å². The summed E-state index contributed by atoms with van der Waals surface area (Å²) >= 11 is 0. The van der Waals surface area contributed by atoms with Gasteiger partial charge in [-0.2, -0.15) is 5.10 Å². The second-order valence-corrected chi connectivity index (χ2v) is 5.52. The summed E-state index contributed by atoms with van der Waals surface area (Å²) in [5.41, 5.74) is 1.19. The van der Waals surface area contributed by atoms with Crippen LogP contribution in [0, 0.1) is 0 Å². The molecule has 0 saturated carbocycles. The average Bonchev–Trinajstić information content (AvgIpc) is 2.76. The molecule has 6 heteroatoms. The molecule has 1 amide bonds. The molecule has 1 aromatic rings. The molecule has 0 radical (unpaired) electrons. The van der Waals surface area contributed by atoms with E-state index in [0.29, 0.717) is 25.1 Å². The van der Waals surface area contributed by atoms with Crippen LogP contribution in [0.15, 0.2) is 6.07 Å². The molecule has 1 heterocycles. The summed E-state index contributed by atoms with van der Waals surface area (Å²) in [4.78, 5) is 22.1. The number of carbonyl (C=O) groups excluding carboxylic acids is 1. The summed E-state index contributed by atoms with van der Waals surface area (Å²) in [6, 6.07) is 1.74. The zero-order chi connectivity index (χ0) is 14.5. The molecular weight excluding hydrogens is 246 g/mol. The Morgan fingerprint density at radius 3 is 2.58 bits per heavy atom. The first-order chi connectivity index (χ1) is 8.80. The Morgan fingerprint density at radius 2 is 2.05 bits per heavy atom. The number of unbranched alkanes of at least 4 members (excludes halogenated alkanes) is 1. The predicted molar refractivity (Wildman–Crippen MR) is 71.1 cm³/mol. The van der Waals surface area contributed by atoms with E-state index in [4.69, 9.17) is 5.11 Å². The van der Waals surface area contributed by atoms with Crippen LogP contribution in [0.1, 0.15) is 56.2 Å². The average molecular weight is 267 g/mol. The number of amides is 1. The van der Waals surface area contributed by atoms with Crippen LogP contribution in [-0.4, -0.2) is 33.7 Å². The van der Waals surface area contributed by atoms with Crippen LogP contribution in [-0.2, 0) is 10.2 Å². The molecule has 0 aliphatic carbocycles. The van der Waals surface area contributed by atoms with Crippen molar-refractivity contribution in [1.29, 1.82) is 0 Å². The standard InChI is InChI=1S/C13H21N3O3/c1-13(2,3)10-8-9(15-16-10)12(19)14-7-5-4-6-11(17)18/h8H,4-7H2,1-3H3,(H,14,19)(H,15,16)(H,17,18). The maximum atomic E-state index is 11.8. The van der Waals surface area contributed by atoms with Gasteiger partial charge in [-0.15, -0.1) is 0 Å². The number of hydrogen-bond donors (Lipinski definition) is 3. The molecule has 19 heavy (non-hydrogen) atoms. The molecule has 0 unspecified atom stereocenters. The van der Waals surface area contributed by atoms with Gasteiger partial charge >= 0.3 is 5.97 Å². The highest BCUT2D eigenvalue weighted by atomic mass is 16.4. The maximum absolute atomic E-state index is 11.8. The number of H-pyrrole nitrogens is 1. The van der Waals surface area contributed by atoms with E-state index in [0.717, 1.165) is 5.69 Å². The van der Waals surface area contributed by atoms with Gasteiger partial charge in [-0.25, -0.2) is 0 Å². The fraction of sp³-hybridized carbons (Fsp3) is 0.615. The number of aliphatic carboxylic acids is 1. The molecule has 3 N–H and O–H groups in total. The SMILES string of the molecule is CC(C)(C)c1cc(C(=O)NCCCCC(=O)O)n[nH]1. The van der Waals surface area contributed by atoms with Gasteiger partial charge in [-0.05, 0) is 18.9 Å². The summed E-state index contributed by atoms with van der Waals surface area (Å²) in [5.74, 6) is -1.05. The fourth-order valence-corrected chi connectivity index (χ4v) is 1.52. The Bertz CT molecular complexity index is 446. The molecule has 106 valence electrons. The molecule has 0 spiro atoms. The smallest absolute Gasteiger partial charge is 0.303 e. The summed E-state index contributed by atoms with van der Waals surface area (Å²) in [7, 11) is 0. The lowest BCUT2D eigenvalue weighted by molar-refractivity contribution is -0.137. The van der Waals surface area contributed by atoms with Gasteiger partial charge in [0.05, 0.1) is 0 Å². The number of carboxylic acids is 1. The van der Waals surface area contributed by atoms with Crippen molar-refractivity contribution in [3.8, 4) is 0 Å². The Morgan fingerprint density at radius 1 is 1.37 bits per heavy atom. The van der Waals surface area contributed by atoms with Crippen LogP contribution < -0.4 is 5.32 Å². The number of aromatic amines is 1. The van der Waals surface area contributed by atoms with Crippen molar-refractivity contribution in [3.05, 3.63) is 17.5 Å². The van der Waals surface area contributed by atoms with Crippen molar-refractivity contribution in [2.75, 3.05) is 6.54 Å². The number of rotatable bonds is 6. The van der Waals surface area contributed by atoms with Crippen molar-refractivity contribution in [2.24, 2.45) is 0 Å². The molecular formula is C13H21N3O3. The molecule has 0 bridgehead atoms. The van der Waals surface area contributed by atoms with Crippen molar-refractivity contribution in [2.45, 2.75) is 45.4 Å². The molecule has 0 fully saturated rings. The van der Waals surface area contributed by atoms with Crippen LogP contribution in [0.4, 0.5) is 0 Å². The number of nitrogens with one attached hydrogen (secondary N) is 2. The van der Waals surface area contributed by atoms with Gasteiger partial charge in [0.15, 0.2) is 0 Å². The Balaban J connectivity index is 2.38. The minimum absolute atomic E-state index is 0.0764. The van der Waals surface area contributed by atoms with Gasteiger partial charge in [0, 0.05) is 24.1 Å². The molecule has 0 saturated heterocycles. The second kappa shape index (κ2) is 6.36. The number of carboxylic acid groups (broad SMARTS) is 1. The van der Waals surface area contributed by atoms with Gasteiger partial charge in [-0.1, -0.05) is 20.8 Å². The Hall–Kier alpha value is -1.85. The van der Waals surface area contributed by atoms with Gasteiger partial charge in [0.2, 0.25) is 0 Å². The molecule has 0 aromatic carbocycles. The fourth-order valence-electron chi connectivity index (χ4n) is 1.52. The zero-order valence-corrected chi connectivity index (χ0v) is 11.6. The van der Waals surface area contributed by atoms with Crippen LogP contribution in [0.3, 0.4) is 0 Å². The highest BCUT2D eigenvalue weighted by Crippen LogP contribution is 2.20. The monoisotopic (exact) mass is 267 g/mol. The van der Waals surface area contributed by atoms with E-state index < -0.39 is 5.97 Å². The summed E-state index contributed by atoms with van der Waals surface area (Å²) in [6.07, 6.45) is 1.34. The highest BCUT2D eigenvalue weighted by molar-refractivity contribution is 5.92. The lowest BCUT2D eigenvalue weighted by atomic mass is 9.92. The third-order valence-corrected chi connectivity index (χ3v) is 2.72. The number of hydrogen-bond acceptors (Lipinski definition) is 3. The molecule has 0 aliphatic rings. The number of carbonyl (C=O) groups is 2. The minimum Gasteiger partial charge on any atom is -0.481 e. The maximum Gasteiger partial charge on any atom is 0.303 e. The molecule has 1 rings (SSSR count). The van der Waals surface area contributed by atoms with Crippen molar-refractivity contribution in [3.63, 3.8) is 0 Å². The van der Waals surface area contributed by atoms with Crippen molar-refractivity contribution >= 4 is 11.9 Å². The molecule has 1 aromatic heterocycles. The van der Waals surface area contributed by atoms with Crippen molar-refractivity contribution < 1.29 is 14.7 Å². The predicted octanol–water partition coefficient (Wildman–Crippen LogP) is 1.69. The Labute approximate surface area is 112 Å². The molecule has 6 nitrogen and oxygen atoms in total. The van der Waals surface area contributed by atoms with Crippen LogP contribution in [0.25, 0.3) is 0 Å². The van der Waals surface area contributed by atoms with E-state index in [9.17, 15) is 9.59 Å². The summed E-state index contributed by atoms with van der Waals surface area (Å²) in [6.45, 7) is 6.57. The van der Waals surface area contributed by atoms with Gasteiger partial charge in [0.25, 0.3) is 5.91 Å². The largest absolute Gasteiger partial charge is 0.481 e. The number of aromatic nitrogens is 2. The van der Waals surface area contributed by atoms with Crippen molar-refractivity contribution in [1.82, 2.24) is 15.5 Å². The third-order valence-electron chi connectivity index (χ3n) is 2.72. The first kappa shape index (κ1) is 15.2. The molecule has 0 aliphatic heterocycles. The first-order valence-corrected chi connectivity index (χ1v) is 6.36. The van der Waals surface area contributed by atoms with E-state index >= 15 is 0 Å². The van der Waals surface area contributed by atoms with Crippen LogP contribution in [0.2, 0.25) is 0 Å². The minimum atomic E-state index is -0.812. The van der Waals surface area contributed by atoms with E-state index in [2.05, 4.69) is 15.5 Å². The quantitative estimate of drug-likeness (QED) is 0.683. The van der Waals surface area contributed by atoms with E-state index in [1.165, 1.54) is 0 Å². The normalized spacial score (nSPS) is 11.3. The lowest BCUT2D eigenvalue weighted by Crippen LogP contribution is -2.24. The Kier molecular flexibility index (Phi) is 5.09. The summed E-state index contributed by atoms with van der Waals surface area (Å²) < 4.78 is 0. The second-order valence-electron chi connectivity index (χ2n) is 5.52.